The van der Waals surface area contributed by atoms with Crippen LogP contribution in [0.3, 0.4) is 0 Å². The summed E-state index contributed by atoms with van der Waals surface area (Å²) in [5, 5.41) is 0. The van der Waals surface area contributed by atoms with E-state index in [0.717, 1.165) is 35.5 Å². The van der Waals surface area contributed by atoms with E-state index in [1.165, 1.54) is 12.1 Å². The number of nitrogens with zero attached hydrogens (tertiary/aromatic N) is 2. The zero-order valence-corrected chi connectivity index (χ0v) is 12.2. The van der Waals surface area contributed by atoms with Crippen LogP contribution in [0.15, 0.2) is 18.2 Å². The molecular formula is C16H20FN3. The summed E-state index contributed by atoms with van der Waals surface area (Å²) in [4.78, 5) is 4.69. The van der Waals surface area contributed by atoms with Gasteiger partial charge in [0.25, 0.3) is 0 Å². The Bertz CT molecular complexity index is 660. The monoisotopic (exact) mass is 273 g/mol. The molecule has 2 heterocycles. The van der Waals surface area contributed by atoms with Crippen molar-refractivity contribution in [3.05, 3.63) is 35.4 Å². The lowest BCUT2D eigenvalue weighted by Gasteiger charge is -2.27. The first kappa shape index (κ1) is 13.2. The highest BCUT2D eigenvalue weighted by molar-refractivity contribution is 5.74. The molecule has 0 spiro atoms. The second kappa shape index (κ2) is 4.62. The van der Waals surface area contributed by atoms with Gasteiger partial charge in [-0.05, 0) is 43.9 Å². The van der Waals surface area contributed by atoms with Crippen LogP contribution >= 0.6 is 0 Å². The van der Waals surface area contributed by atoms with Gasteiger partial charge in [0.05, 0.1) is 0 Å². The van der Waals surface area contributed by atoms with Crippen molar-refractivity contribution in [1.82, 2.24) is 9.55 Å². The summed E-state index contributed by atoms with van der Waals surface area (Å²) in [5.41, 5.74) is 8.80. The molecule has 4 heteroatoms. The summed E-state index contributed by atoms with van der Waals surface area (Å²) in [7, 11) is 0. The predicted octanol–water partition coefficient (Wildman–Crippen LogP) is 3.72. The van der Waals surface area contributed by atoms with Crippen LogP contribution in [0.2, 0.25) is 0 Å². The minimum absolute atomic E-state index is 0.252. The van der Waals surface area contributed by atoms with Crippen molar-refractivity contribution in [3.63, 3.8) is 0 Å². The van der Waals surface area contributed by atoms with Gasteiger partial charge in [-0.15, -0.1) is 0 Å². The van der Waals surface area contributed by atoms with Gasteiger partial charge in [0.2, 0.25) is 0 Å². The Morgan fingerprint density at radius 3 is 2.85 bits per heavy atom. The summed E-state index contributed by atoms with van der Waals surface area (Å²) >= 11 is 0. The van der Waals surface area contributed by atoms with E-state index in [1.807, 2.05) is 6.92 Å². The fourth-order valence-corrected chi connectivity index (χ4v) is 3.26. The molecule has 0 saturated heterocycles. The number of halogens is 1. The molecule has 0 amide bonds. The first-order chi connectivity index (χ1) is 9.47. The molecule has 20 heavy (non-hydrogen) atoms. The Balaban J connectivity index is 2.17. The number of benzene rings is 1. The van der Waals surface area contributed by atoms with Crippen LogP contribution in [0.4, 0.5) is 10.2 Å². The lowest BCUT2D eigenvalue weighted by molar-refractivity contribution is 0.346. The van der Waals surface area contributed by atoms with Gasteiger partial charge in [0.15, 0.2) is 0 Å². The highest BCUT2D eigenvalue weighted by atomic mass is 19.1. The molecule has 2 aromatic rings. The topological polar surface area (TPSA) is 43.8 Å². The number of anilines is 1. The Labute approximate surface area is 118 Å². The SMILES string of the molecule is Cc1ccc(F)cc1-c1nc2n(c1N)C(C)CC(C)C2. The van der Waals surface area contributed by atoms with Crippen LogP contribution in [0, 0.1) is 18.7 Å². The first-order valence-corrected chi connectivity index (χ1v) is 7.10. The number of nitrogens with two attached hydrogens (primary N) is 1. The molecule has 0 fully saturated rings. The van der Waals surface area contributed by atoms with E-state index in [-0.39, 0.29) is 5.82 Å². The number of aromatic nitrogens is 2. The molecule has 3 nitrogen and oxygen atoms in total. The van der Waals surface area contributed by atoms with Gasteiger partial charge < -0.3 is 10.3 Å². The Hall–Kier alpha value is -1.84. The van der Waals surface area contributed by atoms with E-state index in [2.05, 4.69) is 18.4 Å². The van der Waals surface area contributed by atoms with E-state index in [4.69, 9.17) is 10.7 Å². The molecule has 0 bridgehead atoms. The largest absolute Gasteiger partial charge is 0.383 e. The second-order valence-corrected chi connectivity index (χ2v) is 5.99. The number of hydrogen-bond donors (Lipinski definition) is 1. The third-order valence-electron chi connectivity index (χ3n) is 4.19. The summed E-state index contributed by atoms with van der Waals surface area (Å²) in [6, 6.07) is 5.11. The minimum atomic E-state index is -0.252. The number of aryl methyl sites for hydroxylation is 1. The third kappa shape index (κ3) is 1.99. The van der Waals surface area contributed by atoms with Crippen molar-refractivity contribution in [2.75, 3.05) is 5.73 Å². The highest BCUT2D eigenvalue weighted by Gasteiger charge is 2.27. The molecule has 0 radical (unpaired) electrons. The molecule has 1 aliphatic rings. The van der Waals surface area contributed by atoms with Crippen LogP contribution in [-0.2, 0) is 6.42 Å². The van der Waals surface area contributed by atoms with E-state index >= 15 is 0 Å². The van der Waals surface area contributed by atoms with Crippen molar-refractivity contribution in [2.45, 2.75) is 39.7 Å². The number of rotatable bonds is 1. The van der Waals surface area contributed by atoms with Crippen molar-refractivity contribution >= 4 is 5.82 Å². The molecule has 3 rings (SSSR count). The Morgan fingerprint density at radius 1 is 1.35 bits per heavy atom. The lowest BCUT2D eigenvalue weighted by atomic mass is 9.95. The van der Waals surface area contributed by atoms with Gasteiger partial charge in [-0.25, -0.2) is 9.37 Å². The van der Waals surface area contributed by atoms with Gasteiger partial charge >= 0.3 is 0 Å². The van der Waals surface area contributed by atoms with Crippen molar-refractivity contribution in [1.29, 1.82) is 0 Å². The van der Waals surface area contributed by atoms with Crippen molar-refractivity contribution in [3.8, 4) is 11.3 Å². The number of imidazole rings is 1. The first-order valence-electron chi connectivity index (χ1n) is 7.10. The normalized spacial score (nSPS) is 21.8. The van der Waals surface area contributed by atoms with E-state index in [1.54, 1.807) is 6.07 Å². The average Bonchev–Trinajstić information content (AvgIpc) is 2.69. The van der Waals surface area contributed by atoms with Crippen LogP contribution in [-0.4, -0.2) is 9.55 Å². The Kier molecular flexibility index (Phi) is 3.04. The second-order valence-electron chi connectivity index (χ2n) is 5.99. The van der Waals surface area contributed by atoms with Crippen LogP contribution in [0.25, 0.3) is 11.3 Å². The molecule has 2 atom stereocenters. The highest BCUT2D eigenvalue weighted by Crippen LogP contribution is 2.37. The maximum absolute atomic E-state index is 13.5. The van der Waals surface area contributed by atoms with Crippen molar-refractivity contribution < 1.29 is 4.39 Å². The zero-order valence-electron chi connectivity index (χ0n) is 12.2. The van der Waals surface area contributed by atoms with Crippen LogP contribution in [0.5, 0.6) is 0 Å². The molecule has 106 valence electrons. The van der Waals surface area contributed by atoms with Gasteiger partial charge in [0, 0.05) is 18.0 Å². The van der Waals surface area contributed by atoms with E-state index < -0.39 is 0 Å². The van der Waals surface area contributed by atoms with Gasteiger partial charge in [0.1, 0.15) is 23.2 Å². The smallest absolute Gasteiger partial charge is 0.131 e. The molecular weight excluding hydrogens is 253 g/mol. The molecule has 2 unspecified atom stereocenters. The molecule has 1 aromatic heterocycles. The van der Waals surface area contributed by atoms with Crippen LogP contribution < -0.4 is 5.73 Å². The number of hydrogen-bond acceptors (Lipinski definition) is 2. The third-order valence-corrected chi connectivity index (χ3v) is 4.19. The predicted molar refractivity (Wildman–Crippen MR) is 79.0 cm³/mol. The maximum Gasteiger partial charge on any atom is 0.131 e. The number of fused-ring (bicyclic) bond motifs is 1. The minimum Gasteiger partial charge on any atom is -0.383 e. The zero-order chi connectivity index (χ0) is 14.4. The number of nitrogen functional groups attached to an aromatic ring is 1. The lowest BCUT2D eigenvalue weighted by Crippen LogP contribution is -2.22. The van der Waals surface area contributed by atoms with Gasteiger partial charge in [-0.2, -0.15) is 0 Å². The summed E-state index contributed by atoms with van der Waals surface area (Å²) in [6.07, 6.45) is 2.04. The van der Waals surface area contributed by atoms with Gasteiger partial charge in [-0.1, -0.05) is 13.0 Å². The summed E-state index contributed by atoms with van der Waals surface area (Å²) in [6.45, 7) is 6.36. The Morgan fingerprint density at radius 2 is 2.10 bits per heavy atom. The summed E-state index contributed by atoms with van der Waals surface area (Å²) < 4.78 is 15.6. The maximum atomic E-state index is 13.5. The molecule has 1 aliphatic heterocycles. The molecule has 0 saturated carbocycles. The van der Waals surface area contributed by atoms with Gasteiger partial charge in [-0.3, -0.25) is 0 Å². The fraction of sp³-hybridized carbons (Fsp3) is 0.438. The fourth-order valence-electron chi connectivity index (χ4n) is 3.26. The summed E-state index contributed by atoms with van der Waals surface area (Å²) in [5.74, 6) is 2.04. The molecule has 2 N–H and O–H groups in total. The molecule has 1 aromatic carbocycles. The quantitative estimate of drug-likeness (QED) is 0.860. The van der Waals surface area contributed by atoms with Crippen LogP contribution in [0.1, 0.15) is 37.7 Å². The molecule has 0 aliphatic carbocycles. The average molecular weight is 273 g/mol. The van der Waals surface area contributed by atoms with Crippen molar-refractivity contribution in [2.24, 2.45) is 5.92 Å². The standard InChI is InChI=1S/C16H20FN3/c1-9-6-11(3)20-14(7-9)19-15(16(20)18)13-8-12(17)5-4-10(13)2/h4-5,8-9,11H,6-7,18H2,1-3H3. The van der Waals surface area contributed by atoms with E-state index in [9.17, 15) is 4.39 Å². The van der Waals surface area contributed by atoms with E-state index in [0.29, 0.717) is 17.8 Å².